The molecule has 0 aromatic carbocycles. The van der Waals surface area contributed by atoms with Gasteiger partial charge in [0.2, 0.25) is 0 Å². The Kier molecular flexibility index (Phi) is 7.51. The summed E-state index contributed by atoms with van der Waals surface area (Å²) in [5.74, 6) is 1.45. The van der Waals surface area contributed by atoms with Crippen molar-refractivity contribution in [3.05, 3.63) is 18.0 Å². The maximum absolute atomic E-state index is 6.24. The highest BCUT2D eigenvalue weighted by Crippen LogP contribution is 2.24. The molecule has 1 aliphatic heterocycles. The second kappa shape index (κ2) is 10.3. The number of aromatic nitrogens is 2. The first-order valence-electron chi connectivity index (χ1n) is 9.89. The first kappa shape index (κ1) is 18.9. The zero-order valence-corrected chi connectivity index (χ0v) is 15.7. The van der Waals surface area contributed by atoms with Crippen LogP contribution in [0.1, 0.15) is 38.5 Å². The molecule has 26 heavy (non-hydrogen) atoms. The SMILES string of the molecule is Nc1c(NCCCN2CCOCC2)ncnc1NCCC1=CCCCC1. The molecule has 4 N–H and O–H groups in total. The summed E-state index contributed by atoms with van der Waals surface area (Å²) in [6.45, 7) is 6.53. The first-order chi connectivity index (χ1) is 12.8. The van der Waals surface area contributed by atoms with Crippen molar-refractivity contribution >= 4 is 17.3 Å². The fraction of sp³-hybridized carbons (Fsp3) is 0.684. The third-order valence-electron chi connectivity index (χ3n) is 5.05. The van der Waals surface area contributed by atoms with Gasteiger partial charge >= 0.3 is 0 Å². The summed E-state index contributed by atoms with van der Waals surface area (Å²) in [6, 6.07) is 0. The van der Waals surface area contributed by atoms with Gasteiger partial charge < -0.3 is 21.1 Å². The highest BCUT2D eigenvalue weighted by atomic mass is 16.5. The van der Waals surface area contributed by atoms with Gasteiger partial charge in [-0.2, -0.15) is 0 Å². The number of rotatable bonds is 9. The number of nitrogen functional groups attached to an aromatic ring is 1. The monoisotopic (exact) mass is 360 g/mol. The van der Waals surface area contributed by atoms with Crippen molar-refractivity contribution in [2.45, 2.75) is 38.5 Å². The molecule has 0 saturated carbocycles. The van der Waals surface area contributed by atoms with Gasteiger partial charge in [-0.05, 0) is 45.1 Å². The molecule has 0 amide bonds. The molecule has 1 aromatic heterocycles. The van der Waals surface area contributed by atoms with Crippen LogP contribution in [0, 0.1) is 0 Å². The zero-order chi connectivity index (χ0) is 18.0. The van der Waals surface area contributed by atoms with Crippen LogP contribution in [0.3, 0.4) is 0 Å². The van der Waals surface area contributed by atoms with Crippen molar-refractivity contribution in [2.24, 2.45) is 0 Å². The Bertz CT molecular complexity index is 585. The molecule has 2 heterocycles. The Morgan fingerprint density at radius 1 is 1.08 bits per heavy atom. The summed E-state index contributed by atoms with van der Waals surface area (Å²) in [6.07, 6.45) is 11.2. The number of anilines is 3. The van der Waals surface area contributed by atoms with E-state index in [1.807, 2.05) is 0 Å². The molecule has 1 aliphatic carbocycles. The van der Waals surface area contributed by atoms with E-state index in [0.717, 1.165) is 70.4 Å². The molecule has 0 bridgehead atoms. The molecule has 0 radical (unpaired) electrons. The lowest BCUT2D eigenvalue weighted by molar-refractivity contribution is 0.0378. The molecule has 3 rings (SSSR count). The normalized spacial score (nSPS) is 18.4. The van der Waals surface area contributed by atoms with E-state index in [0.29, 0.717) is 5.69 Å². The second-order valence-corrected chi connectivity index (χ2v) is 7.00. The Hall–Kier alpha value is -1.86. The Balaban J connectivity index is 1.40. The van der Waals surface area contributed by atoms with Gasteiger partial charge in [-0.3, -0.25) is 4.90 Å². The van der Waals surface area contributed by atoms with Gasteiger partial charge in [0.05, 0.1) is 13.2 Å². The molecule has 7 nitrogen and oxygen atoms in total. The number of hydrogen-bond donors (Lipinski definition) is 3. The predicted octanol–water partition coefficient (Wildman–Crippen LogP) is 2.50. The van der Waals surface area contributed by atoms with E-state index in [4.69, 9.17) is 10.5 Å². The highest BCUT2D eigenvalue weighted by molar-refractivity contribution is 5.73. The molecule has 144 valence electrons. The summed E-state index contributed by atoms with van der Waals surface area (Å²) in [4.78, 5) is 11.0. The fourth-order valence-electron chi connectivity index (χ4n) is 3.48. The van der Waals surface area contributed by atoms with E-state index in [9.17, 15) is 0 Å². The van der Waals surface area contributed by atoms with Crippen LogP contribution in [-0.4, -0.2) is 60.8 Å². The van der Waals surface area contributed by atoms with Crippen LogP contribution in [0.15, 0.2) is 18.0 Å². The number of ether oxygens (including phenoxy) is 1. The van der Waals surface area contributed by atoms with Crippen LogP contribution in [-0.2, 0) is 4.74 Å². The largest absolute Gasteiger partial charge is 0.393 e. The fourth-order valence-corrected chi connectivity index (χ4v) is 3.48. The van der Waals surface area contributed by atoms with Gasteiger partial charge in [-0.1, -0.05) is 11.6 Å². The summed E-state index contributed by atoms with van der Waals surface area (Å²) in [5, 5.41) is 6.71. The van der Waals surface area contributed by atoms with Gasteiger partial charge in [-0.25, -0.2) is 9.97 Å². The first-order valence-corrected chi connectivity index (χ1v) is 9.89. The zero-order valence-electron chi connectivity index (χ0n) is 15.7. The molecular weight excluding hydrogens is 328 g/mol. The van der Waals surface area contributed by atoms with Crippen LogP contribution >= 0.6 is 0 Å². The smallest absolute Gasteiger partial charge is 0.154 e. The molecule has 7 heteroatoms. The van der Waals surface area contributed by atoms with Gasteiger partial charge in [0.25, 0.3) is 0 Å². The average Bonchev–Trinajstić information content (AvgIpc) is 2.69. The standard InChI is InChI=1S/C19H32N6O/c20-17-18(21-8-4-10-25-11-13-26-14-12-25)23-15-24-19(17)22-9-7-16-5-2-1-3-6-16/h5,15H,1-4,6-14,20H2,(H2,21,22,23,24). The maximum atomic E-state index is 6.24. The molecule has 0 atom stereocenters. The average molecular weight is 361 g/mol. The maximum Gasteiger partial charge on any atom is 0.154 e. The van der Waals surface area contributed by atoms with E-state index in [1.54, 1.807) is 11.9 Å². The summed E-state index contributed by atoms with van der Waals surface area (Å²) in [7, 11) is 0. The van der Waals surface area contributed by atoms with Gasteiger partial charge in [0, 0.05) is 26.2 Å². The summed E-state index contributed by atoms with van der Waals surface area (Å²) < 4.78 is 5.37. The van der Waals surface area contributed by atoms with Crippen LogP contribution in [0.5, 0.6) is 0 Å². The Morgan fingerprint density at radius 3 is 2.58 bits per heavy atom. The number of morpholine rings is 1. The molecule has 1 fully saturated rings. The van der Waals surface area contributed by atoms with Crippen molar-refractivity contribution < 1.29 is 4.74 Å². The minimum absolute atomic E-state index is 0.608. The third-order valence-corrected chi connectivity index (χ3v) is 5.05. The molecule has 2 aliphatic rings. The Morgan fingerprint density at radius 2 is 1.85 bits per heavy atom. The molecular formula is C19H32N6O. The number of nitrogens with two attached hydrogens (primary N) is 1. The van der Waals surface area contributed by atoms with Crippen molar-refractivity contribution in [2.75, 3.05) is 62.3 Å². The van der Waals surface area contributed by atoms with Crippen molar-refractivity contribution in [1.82, 2.24) is 14.9 Å². The number of hydrogen-bond acceptors (Lipinski definition) is 7. The quantitative estimate of drug-likeness (QED) is 0.460. The van der Waals surface area contributed by atoms with E-state index in [-0.39, 0.29) is 0 Å². The van der Waals surface area contributed by atoms with E-state index in [1.165, 1.54) is 25.7 Å². The lowest BCUT2D eigenvalue weighted by Crippen LogP contribution is -2.37. The van der Waals surface area contributed by atoms with E-state index >= 15 is 0 Å². The Labute approximate surface area is 156 Å². The third kappa shape index (κ3) is 5.85. The topological polar surface area (TPSA) is 88.3 Å². The highest BCUT2D eigenvalue weighted by Gasteiger charge is 2.11. The van der Waals surface area contributed by atoms with Gasteiger partial charge in [0.15, 0.2) is 11.6 Å². The summed E-state index contributed by atoms with van der Waals surface area (Å²) >= 11 is 0. The number of allylic oxidation sites excluding steroid dienone is 1. The number of nitrogens with zero attached hydrogens (tertiary/aromatic N) is 3. The molecule has 1 aromatic rings. The van der Waals surface area contributed by atoms with Crippen LogP contribution in [0.25, 0.3) is 0 Å². The minimum atomic E-state index is 0.608. The van der Waals surface area contributed by atoms with Crippen molar-refractivity contribution in [3.63, 3.8) is 0 Å². The van der Waals surface area contributed by atoms with E-state index in [2.05, 4.69) is 31.6 Å². The van der Waals surface area contributed by atoms with Crippen molar-refractivity contribution in [3.8, 4) is 0 Å². The summed E-state index contributed by atoms with van der Waals surface area (Å²) in [5.41, 5.74) is 8.40. The van der Waals surface area contributed by atoms with Gasteiger partial charge in [0.1, 0.15) is 12.0 Å². The van der Waals surface area contributed by atoms with E-state index < -0.39 is 0 Å². The molecule has 0 spiro atoms. The van der Waals surface area contributed by atoms with Crippen molar-refractivity contribution in [1.29, 1.82) is 0 Å². The van der Waals surface area contributed by atoms with Gasteiger partial charge in [-0.15, -0.1) is 0 Å². The lowest BCUT2D eigenvalue weighted by atomic mass is 9.97. The van der Waals surface area contributed by atoms with Crippen LogP contribution < -0.4 is 16.4 Å². The predicted molar refractivity (Wildman–Crippen MR) is 106 cm³/mol. The number of nitrogens with one attached hydrogen (secondary N) is 2. The van der Waals surface area contributed by atoms with Crippen LogP contribution in [0.4, 0.5) is 17.3 Å². The lowest BCUT2D eigenvalue weighted by Gasteiger charge is -2.26. The van der Waals surface area contributed by atoms with Crippen LogP contribution in [0.2, 0.25) is 0 Å². The molecule has 1 saturated heterocycles. The second-order valence-electron chi connectivity index (χ2n) is 7.00. The minimum Gasteiger partial charge on any atom is -0.393 e. The molecule has 0 unspecified atom stereocenters.